The lowest BCUT2D eigenvalue weighted by Crippen LogP contribution is -2.09. The number of benzene rings is 2. The fourth-order valence-electron chi connectivity index (χ4n) is 2.68. The molecule has 0 aromatic heterocycles. The van der Waals surface area contributed by atoms with E-state index in [0.717, 1.165) is 16.9 Å². The van der Waals surface area contributed by atoms with Crippen LogP contribution in [-0.2, 0) is 0 Å². The molecule has 1 aliphatic rings. The van der Waals surface area contributed by atoms with Gasteiger partial charge in [0.25, 0.3) is 0 Å². The summed E-state index contributed by atoms with van der Waals surface area (Å²) in [5.74, 6) is 1.73. The number of hydrogen-bond donors (Lipinski definition) is 1. The van der Waals surface area contributed by atoms with Crippen molar-refractivity contribution < 1.29 is 9.84 Å². The first-order valence-electron chi connectivity index (χ1n) is 6.76. The zero-order chi connectivity index (χ0) is 13.2. The molecule has 0 amide bonds. The van der Waals surface area contributed by atoms with Crippen LogP contribution < -0.4 is 4.74 Å². The molecule has 0 spiro atoms. The lowest BCUT2D eigenvalue weighted by molar-refractivity contribution is 0.412. The van der Waals surface area contributed by atoms with Crippen molar-refractivity contribution >= 4 is 0 Å². The summed E-state index contributed by atoms with van der Waals surface area (Å²) in [6, 6.07) is 13.8. The quantitative estimate of drug-likeness (QED) is 0.883. The van der Waals surface area contributed by atoms with Crippen LogP contribution in [0.15, 0.2) is 42.5 Å². The number of methoxy groups -OCH3 is 1. The van der Waals surface area contributed by atoms with Crippen molar-refractivity contribution in [1.82, 2.24) is 0 Å². The molecule has 2 aromatic rings. The van der Waals surface area contributed by atoms with Crippen LogP contribution in [0.5, 0.6) is 11.5 Å². The molecule has 3 rings (SSSR count). The molecule has 2 nitrogen and oxygen atoms in total. The lowest BCUT2D eigenvalue weighted by atomic mass is 9.77. The minimum atomic E-state index is 0.313. The van der Waals surface area contributed by atoms with Crippen molar-refractivity contribution in [3.05, 3.63) is 48.0 Å². The topological polar surface area (TPSA) is 29.5 Å². The highest BCUT2D eigenvalue weighted by atomic mass is 16.5. The molecule has 19 heavy (non-hydrogen) atoms. The van der Waals surface area contributed by atoms with Crippen molar-refractivity contribution in [3.8, 4) is 22.6 Å². The Bertz CT molecular complexity index is 586. The van der Waals surface area contributed by atoms with Gasteiger partial charge in [0, 0.05) is 5.56 Å². The second kappa shape index (κ2) is 4.96. The SMILES string of the molecule is COc1ccc(O)c(-c2ccccc2C2CCC2)c1. The summed E-state index contributed by atoms with van der Waals surface area (Å²) < 4.78 is 5.26. The Labute approximate surface area is 113 Å². The largest absolute Gasteiger partial charge is 0.507 e. The number of phenols is 1. The van der Waals surface area contributed by atoms with E-state index in [-0.39, 0.29) is 0 Å². The predicted octanol–water partition coefficient (Wildman–Crippen LogP) is 4.34. The van der Waals surface area contributed by atoms with E-state index in [9.17, 15) is 5.11 Å². The molecule has 1 aliphatic carbocycles. The molecule has 0 aliphatic heterocycles. The zero-order valence-electron chi connectivity index (χ0n) is 11.1. The first kappa shape index (κ1) is 12.1. The third kappa shape index (κ3) is 2.19. The van der Waals surface area contributed by atoms with Crippen LogP contribution in [0.25, 0.3) is 11.1 Å². The third-order valence-corrected chi connectivity index (χ3v) is 4.00. The van der Waals surface area contributed by atoms with Crippen LogP contribution >= 0.6 is 0 Å². The molecule has 0 saturated heterocycles. The standard InChI is InChI=1S/C17H18O2/c1-19-13-9-10-17(18)16(11-13)15-8-3-2-7-14(15)12-5-4-6-12/h2-3,7-12,18H,4-6H2,1H3. The summed E-state index contributed by atoms with van der Waals surface area (Å²) in [6.45, 7) is 0. The van der Waals surface area contributed by atoms with Gasteiger partial charge in [-0.15, -0.1) is 0 Å². The maximum absolute atomic E-state index is 10.1. The van der Waals surface area contributed by atoms with Gasteiger partial charge in [0.1, 0.15) is 11.5 Å². The van der Waals surface area contributed by atoms with Crippen molar-refractivity contribution in [2.75, 3.05) is 7.11 Å². The lowest BCUT2D eigenvalue weighted by Gasteiger charge is -2.28. The van der Waals surface area contributed by atoms with E-state index >= 15 is 0 Å². The van der Waals surface area contributed by atoms with Crippen molar-refractivity contribution in [2.45, 2.75) is 25.2 Å². The Kier molecular flexibility index (Phi) is 3.16. The molecule has 0 heterocycles. The normalized spacial score (nSPS) is 15.0. The van der Waals surface area contributed by atoms with E-state index < -0.39 is 0 Å². The monoisotopic (exact) mass is 254 g/mol. The zero-order valence-corrected chi connectivity index (χ0v) is 11.1. The highest BCUT2D eigenvalue weighted by Crippen LogP contribution is 2.43. The third-order valence-electron chi connectivity index (χ3n) is 4.00. The molecule has 0 radical (unpaired) electrons. The minimum Gasteiger partial charge on any atom is -0.507 e. The predicted molar refractivity (Wildman–Crippen MR) is 76.7 cm³/mol. The van der Waals surface area contributed by atoms with E-state index in [1.807, 2.05) is 12.1 Å². The Hall–Kier alpha value is -1.96. The average molecular weight is 254 g/mol. The fourth-order valence-corrected chi connectivity index (χ4v) is 2.68. The molecule has 0 bridgehead atoms. The summed E-state index contributed by atoms with van der Waals surface area (Å²) >= 11 is 0. The molecule has 0 atom stereocenters. The van der Waals surface area contributed by atoms with Crippen LogP contribution in [-0.4, -0.2) is 12.2 Å². The van der Waals surface area contributed by atoms with Gasteiger partial charge in [-0.05, 0) is 48.1 Å². The molecule has 98 valence electrons. The van der Waals surface area contributed by atoms with Crippen molar-refractivity contribution in [3.63, 3.8) is 0 Å². The second-order valence-corrected chi connectivity index (χ2v) is 5.10. The first-order chi connectivity index (χ1) is 9.29. The maximum Gasteiger partial charge on any atom is 0.123 e. The molecule has 2 heteroatoms. The van der Waals surface area contributed by atoms with Gasteiger partial charge in [0.15, 0.2) is 0 Å². The minimum absolute atomic E-state index is 0.313. The van der Waals surface area contributed by atoms with E-state index in [1.165, 1.54) is 24.8 Å². The number of ether oxygens (including phenoxy) is 1. The number of rotatable bonds is 3. The Morgan fingerprint density at radius 1 is 1.05 bits per heavy atom. The van der Waals surface area contributed by atoms with Gasteiger partial charge in [0.2, 0.25) is 0 Å². The Morgan fingerprint density at radius 3 is 2.53 bits per heavy atom. The molecule has 1 saturated carbocycles. The summed E-state index contributed by atoms with van der Waals surface area (Å²) in [5.41, 5.74) is 3.34. The van der Waals surface area contributed by atoms with Crippen LogP contribution in [0.1, 0.15) is 30.7 Å². The Balaban J connectivity index is 2.10. The number of phenolic OH excluding ortho intramolecular Hbond substituents is 1. The highest BCUT2D eigenvalue weighted by Gasteiger charge is 2.23. The van der Waals surface area contributed by atoms with E-state index in [0.29, 0.717) is 11.7 Å². The van der Waals surface area contributed by atoms with Crippen LogP contribution in [0.2, 0.25) is 0 Å². The van der Waals surface area contributed by atoms with Crippen LogP contribution in [0, 0.1) is 0 Å². The summed E-state index contributed by atoms with van der Waals surface area (Å²) in [7, 11) is 1.65. The fraction of sp³-hybridized carbons (Fsp3) is 0.294. The summed E-state index contributed by atoms with van der Waals surface area (Å²) in [5, 5.41) is 10.1. The van der Waals surface area contributed by atoms with Gasteiger partial charge in [-0.3, -0.25) is 0 Å². The molecule has 2 aromatic carbocycles. The highest BCUT2D eigenvalue weighted by molar-refractivity contribution is 5.75. The van der Waals surface area contributed by atoms with Crippen molar-refractivity contribution in [2.24, 2.45) is 0 Å². The van der Waals surface area contributed by atoms with E-state index in [1.54, 1.807) is 19.2 Å². The second-order valence-electron chi connectivity index (χ2n) is 5.10. The summed E-state index contributed by atoms with van der Waals surface area (Å²) in [4.78, 5) is 0. The molecule has 1 N–H and O–H groups in total. The molecule has 0 unspecified atom stereocenters. The number of aromatic hydroxyl groups is 1. The maximum atomic E-state index is 10.1. The van der Waals surface area contributed by atoms with Gasteiger partial charge in [-0.2, -0.15) is 0 Å². The van der Waals surface area contributed by atoms with Crippen LogP contribution in [0.3, 0.4) is 0 Å². The average Bonchev–Trinajstić information content (AvgIpc) is 2.38. The van der Waals surface area contributed by atoms with Gasteiger partial charge in [-0.25, -0.2) is 0 Å². The van der Waals surface area contributed by atoms with Crippen LogP contribution in [0.4, 0.5) is 0 Å². The molecular weight excluding hydrogens is 236 g/mol. The van der Waals surface area contributed by atoms with Crippen molar-refractivity contribution in [1.29, 1.82) is 0 Å². The molecular formula is C17H18O2. The van der Waals surface area contributed by atoms with Gasteiger partial charge in [0.05, 0.1) is 7.11 Å². The Morgan fingerprint density at radius 2 is 1.84 bits per heavy atom. The van der Waals surface area contributed by atoms with Gasteiger partial charge >= 0.3 is 0 Å². The molecule has 1 fully saturated rings. The smallest absolute Gasteiger partial charge is 0.123 e. The van der Waals surface area contributed by atoms with E-state index in [2.05, 4.69) is 18.2 Å². The van der Waals surface area contributed by atoms with Gasteiger partial charge < -0.3 is 9.84 Å². The van der Waals surface area contributed by atoms with Gasteiger partial charge in [-0.1, -0.05) is 30.7 Å². The number of hydrogen-bond acceptors (Lipinski definition) is 2. The first-order valence-corrected chi connectivity index (χ1v) is 6.76. The summed E-state index contributed by atoms with van der Waals surface area (Å²) in [6.07, 6.45) is 3.81. The van der Waals surface area contributed by atoms with E-state index in [4.69, 9.17) is 4.74 Å².